The van der Waals surface area contributed by atoms with E-state index in [4.69, 9.17) is 0 Å². The first-order chi connectivity index (χ1) is 11.7. The van der Waals surface area contributed by atoms with Crippen molar-refractivity contribution in [1.82, 2.24) is 9.97 Å². The van der Waals surface area contributed by atoms with Gasteiger partial charge in [-0.25, -0.2) is 4.98 Å². The summed E-state index contributed by atoms with van der Waals surface area (Å²) in [5, 5.41) is 12.5. The Morgan fingerprint density at radius 2 is 2.08 bits per heavy atom. The van der Waals surface area contributed by atoms with Gasteiger partial charge in [0.2, 0.25) is 5.91 Å². The van der Waals surface area contributed by atoms with E-state index in [0.29, 0.717) is 16.3 Å². The van der Waals surface area contributed by atoms with Crippen LogP contribution in [0.15, 0.2) is 35.6 Å². The van der Waals surface area contributed by atoms with Crippen LogP contribution in [0.4, 0.5) is 5.69 Å². The predicted molar refractivity (Wildman–Crippen MR) is 93.8 cm³/mol. The molecule has 1 amide bonds. The summed E-state index contributed by atoms with van der Waals surface area (Å²) in [5.74, 6) is -0.116. The van der Waals surface area contributed by atoms with E-state index in [1.165, 1.54) is 17.3 Å². The number of nitrogens with one attached hydrogen (secondary N) is 1. The van der Waals surface area contributed by atoms with Crippen LogP contribution in [-0.4, -0.2) is 21.1 Å². The van der Waals surface area contributed by atoms with Gasteiger partial charge < -0.3 is 5.32 Å². The standard InChI is InChI=1S/C18H18N4OS/c1-12(17(23)21-15-6-8-20-9-7-15)24-18-14(11-19)10-13-4-2-3-5-16(13)22-18/h6-10,12H,2-5H2,1H3,(H,20,21,23). The molecule has 2 aromatic rings. The number of pyridine rings is 2. The molecule has 1 N–H and O–H groups in total. The van der Waals surface area contributed by atoms with E-state index in [1.54, 1.807) is 24.5 Å². The van der Waals surface area contributed by atoms with Gasteiger partial charge in [0.1, 0.15) is 11.1 Å². The Labute approximate surface area is 145 Å². The van der Waals surface area contributed by atoms with Crippen molar-refractivity contribution in [2.75, 3.05) is 5.32 Å². The molecule has 24 heavy (non-hydrogen) atoms. The number of anilines is 1. The quantitative estimate of drug-likeness (QED) is 0.865. The van der Waals surface area contributed by atoms with Crippen LogP contribution in [0.25, 0.3) is 0 Å². The highest BCUT2D eigenvalue weighted by molar-refractivity contribution is 8.00. The van der Waals surface area contributed by atoms with Gasteiger partial charge in [0.15, 0.2) is 0 Å². The Morgan fingerprint density at radius 3 is 2.83 bits per heavy atom. The van der Waals surface area contributed by atoms with Crippen LogP contribution in [0, 0.1) is 11.3 Å². The number of aromatic nitrogens is 2. The summed E-state index contributed by atoms with van der Waals surface area (Å²) >= 11 is 1.33. The molecule has 0 saturated carbocycles. The van der Waals surface area contributed by atoms with Gasteiger partial charge >= 0.3 is 0 Å². The summed E-state index contributed by atoms with van der Waals surface area (Å²) in [6.45, 7) is 1.82. The SMILES string of the molecule is CC(Sc1nc2c(cc1C#N)CCCC2)C(=O)Nc1ccncc1. The number of nitriles is 1. The van der Waals surface area contributed by atoms with Gasteiger partial charge in [0.25, 0.3) is 0 Å². The molecule has 0 bridgehead atoms. The van der Waals surface area contributed by atoms with Crippen molar-refractivity contribution < 1.29 is 4.79 Å². The van der Waals surface area contributed by atoms with Crippen LogP contribution in [-0.2, 0) is 17.6 Å². The number of hydrogen-bond donors (Lipinski definition) is 1. The number of hydrogen-bond acceptors (Lipinski definition) is 5. The van der Waals surface area contributed by atoms with Crippen molar-refractivity contribution in [2.45, 2.75) is 42.9 Å². The Balaban J connectivity index is 1.75. The number of fused-ring (bicyclic) bond motifs is 1. The molecule has 0 aromatic carbocycles. The highest BCUT2D eigenvalue weighted by Crippen LogP contribution is 2.30. The average Bonchev–Trinajstić information content (AvgIpc) is 2.61. The van der Waals surface area contributed by atoms with Crippen molar-refractivity contribution in [1.29, 1.82) is 5.26 Å². The van der Waals surface area contributed by atoms with Crippen molar-refractivity contribution >= 4 is 23.4 Å². The predicted octanol–water partition coefficient (Wildman–Crippen LogP) is 3.35. The zero-order valence-corrected chi connectivity index (χ0v) is 14.3. The summed E-state index contributed by atoms with van der Waals surface area (Å²) < 4.78 is 0. The minimum atomic E-state index is -0.348. The first-order valence-corrected chi connectivity index (χ1v) is 8.86. The maximum Gasteiger partial charge on any atom is 0.237 e. The largest absolute Gasteiger partial charge is 0.325 e. The molecule has 2 aromatic heterocycles. The number of aryl methyl sites for hydroxylation is 2. The van der Waals surface area contributed by atoms with Crippen molar-refractivity contribution in [3.05, 3.63) is 47.4 Å². The van der Waals surface area contributed by atoms with Crippen molar-refractivity contribution in [2.24, 2.45) is 0 Å². The first-order valence-electron chi connectivity index (χ1n) is 7.98. The minimum Gasteiger partial charge on any atom is -0.325 e. The van der Waals surface area contributed by atoms with Crippen LogP contribution in [0.5, 0.6) is 0 Å². The van der Waals surface area contributed by atoms with Gasteiger partial charge in [0.05, 0.1) is 10.8 Å². The van der Waals surface area contributed by atoms with Gasteiger partial charge in [-0.15, -0.1) is 0 Å². The molecule has 1 unspecified atom stereocenters. The first kappa shape index (κ1) is 16.5. The third-order valence-corrected chi connectivity index (χ3v) is 5.09. The van der Waals surface area contributed by atoms with Gasteiger partial charge in [-0.05, 0) is 56.4 Å². The lowest BCUT2D eigenvalue weighted by atomic mass is 9.95. The van der Waals surface area contributed by atoms with Crippen molar-refractivity contribution in [3.8, 4) is 6.07 Å². The lowest BCUT2D eigenvalue weighted by molar-refractivity contribution is -0.115. The fourth-order valence-electron chi connectivity index (χ4n) is 2.68. The maximum atomic E-state index is 12.3. The molecule has 1 atom stereocenters. The summed E-state index contributed by atoms with van der Waals surface area (Å²) in [7, 11) is 0. The molecule has 1 aliphatic carbocycles. The zero-order valence-electron chi connectivity index (χ0n) is 13.5. The van der Waals surface area contributed by atoms with Crippen LogP contribution < -0.4 is 5.32 Å². The fraction of sp³-hybridized carbons (Fsp3) is 0.333. The van der Waals surface area contributed by atoms with Gasteiger partial charge in [-0.3, -0.25) is 9.78 Å². The molecular weight excluding hydrogens is 320 g/mol. The van der Waals surface area contributed by atoms with Gasteiger partial charge in [0, 0.05) is 23.8 Å². The second-order valence-corrected chi connectivity index (χ2v) is 7.08. The summed E-state index contributed by atoms with van der Waals surface area (Å²) in [5.41, 5.74) is 3.52. The highest BCUT2D eigenvalue weighted by atomic mass is 32.2. The molecule has 2 heterocycles. The number of carbonyl (C=O) groups excluding carboxylic acids is 1. The Hall–Kier alpha value is -2.39. The average molecular weight is 338 g/mol. The number of rotatable bonds is 4. The Kier molecular flexibility index (Phi) is 5.11. The molecule has 0 aliphatic heterocycles. The molecular formula is C18H18N4OS. The molecule has 5 nitrogen and oxygen atoms in total. The highest BCUT2D eigenvalue weighted by Gasteiger charge is 2.20. The minimum absolute atomic E-state index is 0.116. The van der Waals surface area contributed by atoms with Crippen LogP contribution in [0.3, 0.4) is 0 Å². The second-order valence-electron chi connectivity index (χ2n) is 5.75. The summed E-state index contributed by atoms with van der Waals surface area (Å²) in [6, 6.07) is 7.64. The number of thioether (sulfide) groups is 1. The van der Waals surface area contributed by atoms with Crippen molar-refractivity contribution in [3.63, 3.8) is 0 Å². The van der Waals surface area contributed by atoms with Crippen LogP contribution in [0.2, 0.25) is 0 Å². The van der Waals surface area contributed by atoms with E-state index in [9.17, 15) is 10.1 Å². The van der Waals surface area contributed by atoms with E-state index in [1.807, 2.05) is 13.0 Å². The molecule has 0 spiro atoms. The third kappa shape index (κ3) is 3.74. The Bertz CT molecular complexity index is 786. The monoisotopic (exact) mass is 338 g/mol. The smallest absolute Gasteiger partial charge is 0.237 e. The summed E-state index contributed by atoms with van der Waals surface area (Å²) in [4.78, 5) is 20.9. The molecule has 1 aliphatic rings. The van der Waals surface area contributed by atoms with Crippen LogP contribution >= 0.6 is 11.8 Å². The second kappa shape index (κ2) is 7.45. The summed E-state index contributed by atoms with van der Waals surface area (Å²) in [6.07, 6.45) is 7.48. The van der Waals surface area contributed by atoms with E-state index >= 15 is 0 Å². The third-order valence-electron chi connectivity index (χ3n) is 3.99. The number of nitrogens with zero attached hydrogens (tertiary/aromatic N) is 3. The van der Waals surface area contributed by atoms with Crippen LogP contribution in [0.1, 0.15) is 36.6 Å². The fourth-order valence-corrected chi connectivity index (χ4v) is 3.58. The van der Waals surface area contributed by atoms with E-state index in [0.717, 1.165) is 31.4 Å². The lowest BCUT2D eigenvalue weighted by Gasteiger charge is -2.18. The molecule has 122 valence electrons. The number of amides is 1. The van der Waals surface area contributed by atoms with E-state index in [2.05, 4.69) is 21.4 Å². The molecule has 0 fully saturated rings. The van der Waals surface area contributed by atoms with Gasteiger partial charge in [-0.2, -0.15) is 5.26 Å². The molecule has 3 rings (SSSR count). The van der Waals surface area contributed by atoms with Gasteiger partial charge in [-0.1, -0.05) is 11.8 Å². The Morgan fingerprint density at radius 1 is 1.33 bits per heavy atom. The molecule has 6 heteroatoms. The maximum absolute atomic E-state index is 12.3. The van der Waals surface area contributed by atoms with E-state index in [-0.39, 0.29) is 11.2 Å². The number of carbonyl (C=O) groups is 1. The molecule has 0 radical (unpaired) electrons. The van der Waals surface area contributed by atoms with E-state index < -0.39 is 0 Å². The normalized spacial score (nSPS) is 14.3. The topological polar surface area (TPSA) is 78.7 Å². The molecule has 0 saturated heterocycles. The zero-order chi connectivity index (χ0) is 16.9. The lowest BCUT2D eigenvalue weighted by Crippen LogP contribution is -2.22.